The van der Waals surface area contributed by atoms with Crippen LogP contribution >= 0.6 is 0 Å². The maximum atomic E-state index is 5.97. The van der Waals surface area contributed by atoms with E-state index in [2.05, 4.69) is 23.9 Å². The molecule has 0 bridgehead atoms. The Balaban J connectivity index is 1.74. The van der Waals surface area contributed by atoms with Gasteiger partial charge in [-0.25, -0.2) is 0 Å². The normalized spacial score (nSPS) is 36.4. The molecule has 3 heteroatoms. The Hall–Kier alpha value is -0.120. The summed E-state index contributed by atoms with van der Waals surface area (Å²) in [4.78, 5) is 5.08. The van der Waals surface area contributed by atoms with Crippen LogP contribution in [-0.2, 0) is 0 Å². The lowest BCUT2D eigenvalue weighted by Gasteiger charge is -2.38. The summed E-state index contributed by atoms with van der Waals surface area (Å²) in [6.45, 7) is 3.82. The summed E-state index contributed by atoms with van der Waals surface area (Å²) in [5, 5.41) is 0. The topological polar surface area (TPSA) is 32.5 Å². The first-order chi connectivity index (χ1) is 8.15. The first kappa shape index (κ1) is 13.3. The van der Waals surface area contributed by atoms with Crippen LogP contribution in [0, 0.1) is 5.92 Å². The molecular weight excluding hydrogens is 210 g/mol. The lowest BCUT2D eigenvalue weighted by Crippen LogP contribution is -2.46. The van der Waals surface area contributed by atoms with E-state index in [0.717, 1.165) is 12.0 Å². The molecule has 0 radical (unpaired) electrons. The Morgan fingerprint density at radius 1 is 1.18 bits per heavy atom. The molecule has 0 aromatic rings. The molecule has 100 valence electrons. The largest absolute Gasteiger partial charge is 0.328 e. The van der Waals surface area contributed by atoms with E-state index in [1.807, 2.05) is 0 Å². The summed E-state index contributed by atoms with van der Waals surface area (Å²) in [5.74, 6) is 0.895. The Morgan fingerprint density at radius 2 is 1.88 bits per heavy atom. The molecule has 17 heavy (non-hydrogen) atoms. The molecule has 1 unspecified atom stereocenters. The fourth-order valence-electron chi connectivity index (χ4n) is 3.43. The van der Waals surface area contributed by atoms with E-state index in [1.54, 1.807) is 0 Å². The Morgan fingerprint density at radius 3 is 2.53 bits per heavy atom. The highest BCUT2D eigenvalue weighted by Crippen LogP contribution is 2.25. The predicted octanol–water partition coefficient (Wildman–Crippen LogP) is 1.53. The second-order valence-electron chi connectivity index (χ2n) is 6.28. The summed E-state index contributed by atoms with van der Waals surface area (Å²) in [7, 11) is 4.57. The number of nitrogens with two attached hydrogens (primary N) is 1. The van der Waals surface area contributed by atoms with Crippen molar-refractivity contribution >= 4 is 0 Å². The maximum absolute atomic E-state index is 5.97. The van der Waals surface area contributed by atoms with Gasteiger partial charge in [-0.05, 0) is 65.1 Å². The van der Waals surface area contributed by atoms with Crippen molar-refractivity contribution in [3.8, 4) is 0 Å². The van der Waals surface area contributed by atoms with Crippen molar-refractivity contribution < 1.29 is 0 Å². The van der Waals surface area contributed by atoms with Crippen LogP contribution in [0.25, 0.3) is 0 Å². The highest BCUT2D eigenvalue weighted by atomic mass is 15.2. The molecule has 0 spiro atoms. The van der Waals surface area contributed by atoms with E-state index < -0.39 is 0 Å². The van der Waals surface area contributed by atoms with Crippen molar-refractivity contribution in [2.24, 2.45) is 11.7 Å². The molecule has 1 atom stereocenters. The van der Waals surface area contributed by atoms with Gasteiger partial charge in [-0.3, -0.25) is 0 Å². The zero-order valence-electron chi connectivity index (χ0n) is 11.6. The summed E-state index contributed by atoms with van der Waals surface area (Å²) in [6.07, 6.45) is 7.91. The van der Waals surface area contributed by atoms with Crippen LogP contribution < -0.4 is 5.73 Å². The van der Waals surface area contributed by atoms with E-state index in [4.69, 9.17) is 5.73 Å². The molecular formula is C14H29N3. The molecule has 3 nitrogen and oxygen atoms in total. The monoisotopic (exact) mass is 239 g/mol. The van der Waals surface area contributed by atoms with Gasteiger partial charge in [0.1, 0.15) is 0 Å². The van der Waals surface area contributed by atoms with Crippen LogP contribution in [0.1, 0.15) is 38.5 Å². The van der Waals surface area contributed by atoms with Gasteiger partial charge < -0.3 is 15.5 Å². The molecule has 0 amide bonds. The van der Waals surface area contributed by atoms with Crippen LogP contribution in [0.5, 0.6) is 0 Å². The summed E-state index contributed by atoms with van der Waals surface area (Å²) < 4.78 is 0. The quantitative estimate of drug-likeness (QED) is 0.811. The van der Waals surface area contributed by atoms with Crippen molar-refractivity contribution in [1.29, 1.82) is 0 Å². The summed E-state index contributed by atoms with van der Waals surface area (Å²) in [6, 6.07) is 1.27. The van der Waals surface area contributed by atoms with Crippen LogP contribution in [0.15, 0.2) is 0 Å². The van der Waals surface area contributed by atoms with Gasteiger partial charge in [0.2, 0.25) is 0 Å². The molecule has 1 aliphatic carbocycles. The second kappa shape index (κ2) is 6.17. The number of piperidine rings is 1. The third kappa shape index (κ3) is 3.94. The molecule has 0 aromatic carbocycles. The van der Waals surface area contributed by atoms with Gasteiger partial charge in [0.15, 0.2) is 0 Å². The van der Waals surface area contributed by atoms with Gasteiger partial charge in [-0.2, -0.15) is 0 Å². The van der Waals surface area contributed by atoms with E-state index in [9.17, 15) is 0 Å². The highest BCUT2D eigenvalue weighted by molar-refractivity contribution is 4.81. The SMILES string of the molecule is CN1CCCC(N(C)CC2CCC(N)CC2)C1. The van der Waals surface area contributed by atoms with Gasteiger partial charge >= 0.3 is 0 Å². The van der Waals surface area contributed by atoms with Crippen LogP contribution in [0.2, 0.25) is 0 Å². The molecule has 1 saturated carbocycles. The van der Waals surface area contributed by atoms with Crippen LogP contribution in [-0.4, -0.2) is 55.6 Å². The van der Waals surface area contributed by atoms with E-state index in [-0.39, 0.29) is 0 Å². The summed E-state index contributed by atoms with van der Waals surface area (Å²) >= 11 is 0. The molecule has 1 heterocycles. The summed E-state index contributed by atoms with van der Waals surface area (Å²) in [5.41, 5.74) is 5.97. The van der Waals surface area contributed by atoms with Gasteiger partial charge in [0, 0.05) is 25.2 Å². The number of nitrogens with zero attached hydrogens (tertiary/aromatic N) is 2. The standard InChI is InChI=1S/C14H29N3/c1-16-9-3-4-14(11-16)17(2)10-12-5-7-13(15)8-6-12/h12-14H,3-11,15H2,1-2H3. The fourth-order valence-corrected chi connectivity index (χ4v) is 3.43. The van der Waals surface area contributed by atoms with Gasteiger partial charge in [0.25, 0.3) is 0 Å². The second-order valence-corrected chi connectivity index (χ2v) is 6.28. The first-order valence-corrected chi connectivity index (χ1v) is 7.29. The predicted molar refractivity (Wildman–Crippen MR) is 73.1 cm³/mol. The van der Waals surface area contributed by atoms with Gasteiger partial charge in [-0.15, -0.1) is 0 Å². The Bertz CT molecular complexity index is 224. The Kier molecular flexibility index (Phi) is 4.83. The van der Waals surface area contributed by atoms with E-state index in [1.165, 1.54) is 58.2 Å². The fraction of sp³-hybridized carbons (Fsp3) is 1.00. The molecule has 2 aliphatic rings. The number of hydrogen-bond donors (Lipinski definition) is 1. The van der Waals surface area contributed by atoms with Crippen molar-refractivity contribution in [3.05, 3.63) is 0 Å². The number of rotatable bonds is 3. The minimum Gasteiger partial charge on any atom is -0.328 e. The van der Waals surface area contributed by atoms with Crippen molar-refractivity contribution in [2.45, 2.75) is 50.6 Å². The number of likely N-dealkylation sites (tertiary alicyclic amines) is 1. The lowest BCUT2D eigenvalue weighted by molar-refractivity contribution is 0.110. The van der Waals surface area contributed by atoms with Gasteiger partial charge in [0.05, 0.1) is 0 Å². The molecule has 2 fully saturated rings. The zero-order valence-corrected chi connectivity index (χ0v) is 11.6. The van der Waals surface area contributed by atoms with E-state index >= 15 is 0 Å². The molecule has 2 rings (SSSR count). The number of hydrogen-bond acceptors (Lipinski definition) is 3. The van der Waals surface area contributed by atoms with Crippen LogP contribution in [0.4, 0.5) is 0 Å². The van der Waals surface area contributed by atoms with Gasteiger partial charge in [-0.1, -0.05) is 0 Å². The van der Waals surface area contributed by atoms with Crippen LogP contribution in [0.3, 0.4) is 0 Å². The third-order valence-electron chi connectivity index (χ3n) is 4.66. The Labute approximate surface area is 106 Å². The minimum absolute atomic E-state index is 0.484. The smallest absolute Gasteiger partial charge is 0.0220 e. The molecule has 0 aromatic heterocycles. The molecule has 2 N–H and O–H groups in total. The van der Waals surface area contributed by atoms with Crippen molar-refractivity contribution in [3.63, 3.8) is 0 Å². The van der Waals surface area contributed by atoms with Crippen molar-refractivity contribution in [2.75, 3.05) is 33.7 Å². The average molecular weight is 239 g/mol. The maximum Gasteiger partial charge on any atom is 0.0220 e. The zero-order chi connectivity index (χ0) is 12.3. The third-order valence-corrected chi connectivity index (χ3v) is 4.66. The van der Waals surface area contributed by atoms with E-state index in [0.29, 0.717) is 6.04 Å². The minimum atomic E-state index is 0.484. The lowest BCUT2D eigenvalue weighted by atomic mass is 9.86. The van der Waals surface area contributed by atoms with Crippen molar-refractivity contribution in [1.82, 2.24) is 9.80 Å². The highest BCUT2D eigenvalue weighted by Gasteiger charge is 2.25. The average Bonchev–Trinajstić information content (AvgIpc) is 2.32. The molecule has 1 aliphatic heterocycles. The number of likely N-dealkylation sites (N-methyl/N-ethyl adjacent to an activating group) is 2. The first-order valence-electron chi connectivity index (χ1n) is 7.29. The molecule has 1 saturated heterocycles.